The van der Waals surface area contributed by atoms with Crippen molar-refractivity contribution in [1.29, 1.82) is 0 Å². The summed E-state index contributed by atoms with van der Waals surface area (Å²) in [7, 11) is 0. The van der Waals surface area contributed by atoms with Crippen LogP contribution in [0, 0.1) is 0 Å². The van der Waals surface area contributed by atoms with Crippen molar-refractivity contribution in [2.45, 2.75) is 32.9 Å². The molecule has 0 fully saturated rings. The van der Waals surface area contributed by atoms with Crippen molar-refractivity contribution in [2.75, 3.05) is 0 Å². The predicted molar refractivity (Wildman–Crippen MR) is 117 cm³/mol. The lowest BCUT2D eigenvalue weighted by molar-refractivity contribution is -0.120. The Morgan fingerprint density at radius 2 is 1.59 bits per heavy atom. The molecule has 4 nitrogen and oxygen atoms in total. The molecule has 0 aliphatic rings. The van der Waals surface area contributed by atoms with Crippen molar-refractivity contribution in [2.24, 2.45) is 0 Å². The Morgan fingerprint density at radius 3 is 2.34 bits per heavy atom. The lowest BCUT2D eigenvalue weighted by Gasteiger charge is -2.09. The first-order chi connectivity index (χ1) is 14.2. The average Bonchev–Trinajstić information content (AvgIpc) is 3.11. The highest BCUT2D eigenvalue weighted by Gasteiger charge is 2.11. The van der Waals surface area contributed by atoms with Crippen molar-refractivity contribution >= 4 is 16.9 Å². The smallest absolute Gasteiger partial charge is 0.224 e. The first kappa shape index (κ1) is 18.9. The number of carbonyl (C=O) groups excluding carboxylic acids is 1. The number of aryl methyl sites for hydroxylation is 1. The summed E-state index contributed by atoms with van der Waals surface area (Å²) in [4.78, 5) is 17.2. The number of amides is 1. The second kappa shape index (κ2) is 8.74. The standard InChI is InChI=1S/C25H25N3O/c1-2-16-28-23-11-7-6-10-22(23)27-24(28)18-26-25(29)17-19-12-14-21(15-13-19)20-8-4-3-5-9-20/h3-15H,2,16-18H2,1H3,(H,26,29). The Kier molecular flexibility index (Phi) is 5.71. The second-order valence-electron chi connectivity index (χ2n) is 7.18. The van der Waals surface area contributed by atoms with Gasteiger partial charge in [0.2, 0.25) is 5.91 Å². The number of para-hydroxylation sites is 2. The van der Waals surface area contributed by atoms with E-state index in [2.05, 4.69) is 47.1 Å². The lowest BCUT2D eigenvalue weighted by atomic mass is 10.0. The van der Waals surface area contributed by atoms with Gasteiger partial charge in [-0.2, -0.15) is 0 Å². The Hall–Kier alpha value is -3.40. The molecule has 146 valence electrons. The van der Waals surface area contributed by atoms with Gasteiger partial charge in [0, 0.05) is 6.54 Å². The number of benzene rings is 3. The van der Waals surface area contributed by atoms with Crippen LogP contribution in [0.1, 0.15) is 24.7 Å². The quantitative estimate of drug-likeness (QED) is 0.490. The van der Waals surface area contributed by atoms with Crippen LogP contribution in [0.5, 0.6) is 0 Å². The molecule has 29 heavy (non-hydrogen) atoms. The van der Waals surface area contributed by atoms with E-state index < -0.39 is 0 Å². The van der Waals surface area contributed by atoms with Crippen LogP contribution in [0.3, 0.4) is 0 Å². The summed E-state index contributed by atoms with van der Waals surface area (Å²) >= 11 is 0. The molecule has 0 saturated carbocycles. The predicted octanol–water partition coefficient (Wildman–Crippen LogP) is 4.97. The maximum Gasteiger partial charge on any atom is 0.224 e. The highest BCUT2D eigenvalue weighted by molar-refractivity contribution is 5.79. The summed E-state index contributed by atoms with van der Waals surface area (Å²) in [6.45, 7) is 3.48. The maximum atomic E-state index is 12.5. The highest BCUT2D eigenvalue weighted by atomic mass is 16.1. The van der Waals surface area contributed by atoms with Gasteiger partial charge in [0.1, 0.15) is 5.82 Å². The molecule has 1 aromatic heterocycles. The van der Waals surface area contributed by atoms with Crippen molar-refractivity contribution in [1.82, 2.24) is 14.9 Å². The van der Waals surface area contributed by atoms with Gasteiger partial charge in [-0.15, -0.1) is 0 Å². The van der Waals surface area contributed by atoms with Gasteiger partial charge in [-0.1, -0.05) is 73.7 Å². The first-order valence-electron chi connectivity index (χ1n) is 10.1. The highest BCUT2D eigenvalue weighted by Crippen LogP contribution is 2.20. The van der Waals surface area contributed by atoms with E-state index in [4.69, 9.17) is 4.98 Å². The molecule has 0 radical (unpaired) electrons. The minimum atomic E-state index is 0.00701. The maximum absolute atomic E-state index is 12.5. The van der Waals surface area contributed by atoms with Crippen molar-refractivity contribution in [3.05, 3.63) is 90.3 Å². The lowest BCUT2D eigenvalue weighted by Crippen LogP contribution is -2.26. The van der Waals surface area contributed by atoms with E-state index in [1.54, 1.807) is 0 Å². The SMILES string of the molecule is CCCn1c(CNC(=O)Cc2ccc(-c3ccccc3)cc2)nc2ccccc21. The van der Waals surface area contributed by atoms with Crippen LogP contribution in [-0.2, 0) is 24.3 Å². The summed E-state index contributed by atoms with van der Waals surface area (Å²) < 4.78 is 2.20. The van der Waals surface area contributed by atoms with E-state index >= 15 is 0 Å². The number of carbonyl (C=O) groups is 1. The number of hydrogen-bond donors (Lipinski definition) is 1. The van der Waals surface area contributed by atoms with Gasteiger partial charge in [0.05, 0.1) is 24.0 Å². The number of nitrogens with zero attached hydrogens (tertiary/aromatic N) is 2. The molecule has 4 heteroatoms. The van der Waals surface area contributed by atoms with Gasteiger partial charge in [0.25, 0.3) is 0 Å². The Balaban J connectivity index is 1.40. The van der Waals surface area contributed by atoms with E-state index in [0.717, 1.165) is 41.0 Å². The van der Waals surface area contributed by atoms with Crippen LogP contribution in [0.4, 0.5) is 0 Å². The van der Waals surface area contributed by atoms with E-state index in [1.807, 2.05) is 48.5 Å². The number of fused-ring (bicyclic) bond motifs is 1. The van der Waals surface area contributed by atoms with E-state index in [0.29, 0.717) is 13.0 Å². The molecule has 0 spiro atoms. The Bertz CT molecular complexity index is 1100. The third-order valence-electron chi connectivity index (χ3n) is 5.05. The fraction of sp³-hybridized carbons (Fsp3) is 0.200. The largest absolute Gasteiger partial charge is 0.349 e. The molecule has 3 aromatic carbocycles. The minimum Gasteiger partial charge on any atom is -0.349 e. The van der Waals surface area contributed by atoms with Crippen LogP contribution in [0.25, 0.3) is 22.2 Å². The zero-order chi connectivity index (χ0) is 20.1. The molecule has 4 aromatic rings. The van der Waals surface area contributed by atoms with Gasteiger partial charge in [0.15, 0.2) is 0 Å². The summed E-state index contributed by atoms with van der Waals surface area (Å²) in [6.07, 6.45) is 1.39. The molecule has 4 rings (SSSR count). The monoisotopic (exact) mass is 383 g/mol. The number of nitrogens with one attached hydrogen (secondary N) is 1. The van der Waals surface area contributed by atoms with E-state index in [-0.39, 0.29) is 5.91 Å². The van der Waals surface area contributed by atoms with Crippen molar-refractivity contribution in [3.8, 4) is 11.1 Å². The zero-order valence-electron chi connectivity index (χ0n) is 16.6. The van der Waals surface area contributed by atoms with Crippen LogP contribution in [0.15, 0.2) is 78.9 Å². The fourth-order valence-electron chi connectivity index (χ4n) is 3.60. The van der Waals surface area contributed by atoms with Gasteiger partial charge in [-0.3, -0.25) is 4.79 Å². The normalized spacial score (nSPS) is 10.9. The van der Waals surface area contributed by atoms with Gasteiger partial charge >= 0.3 is 0 Å². The Labute approximate surface area is 171 Å². The molecule has 0 bridgehead atoms. The van der Waals surface area contributed by atoms with Gasteiger partial charge in [-0.25, -0.2) is 4.98 Å². The third kappa shape index (κ3) is 4.37. The summed E-state index contributed by atoms with van der Waals surface area (Å²) in [5, 5.41) is 3.03. The zero-order valence-corrected chi connectivity index (χ0v) is 16.6. The second-order valence-corrected chi connectivity index (χ2v) is 7.18. The number of hydrogen-bond acceptors (Lipinski definition) is 2. The first-order valence-corrected chi connectivity index (χ1v) is 10.1. The van der Waals surface area contributed by atoms with Crippen molar-refractivity contribution in [3.63, 3.8) is 0 Å². The molecule has 0 atom stereocenters. The molecular weight excluding hydrogens is 358 g/mol. The molecule has 0 aliphatic heterocycles. The number of aromatic nitrogens is 2. The molecule has 1 heterocycles. The molecule has 0 unspecified atom stereocenters. The summed E-state index contributed by atoms with van der Waals surface area (Å²) in [6, 6.07) is 26.5. The summed E-state index contributed by atoms with van der Waals surface area (Å²) in [5.74, 6) is 0.911. The minimum absolute atomic E-state index is 0.00701. The molecule has 0 saturated heterocycles. The molecule has 0 aliphatic carbocycles. The average molecular weight is 383 g/mol. The van der Waals surface area contributed by atoms with Crippen LogP contribution in [-0.4, -0.2) is 15.5 Å². The van der Waals surface area contributed by atoms with E-state index in [1.165, 1.54) is 5.56 Å². The topological polar surface area (TPSA) is 46.9 Å². The third-order valence-corrected chi connectivity index (χ3v) is 5.05. The molecule has 1 amide bonds. The van der Waals surface area contributed by atoms with Crippen LogP contribution >= 0.6 is 0 Å². The van der Waals surface area contributed by atoms with Gasteiger partial charge in [-0.05, 0) is 35.2 Å². The van der Waals surface area contributed by atoms with Gasteiger partial charge < -0.3 is 9.88 Å². The van der Waals surface area contributed by atoms with Crippen LogP contribution in [0.2, 0.25) is 0 Å². The molecule has 1 N–H and O–H groups in total. The number of rotatable bonds is 7. The number of imidazole rings is 1. The molecular formula is C25H25N3O. The summed E-state index contributed by atoms with van der Waals surface area (Å²) in [5.41, 5.74) is 5.43. The fourth-order valence-corrected chi connectivity index (χ4v) is 3.60. The van der Waals surface area contributed by atoms with E-state index in [9.17, 15) is 4.79 Å². The van der Waals surface area contributed by atoms with Crippen LogP contribution < -0.4 is 5.32 Å². The van der Waals surface area contributed by atoms with Crippen molar-refractivity contribution < 1.29 is 4.79 Å². The Morgan fingerprint density at radius 1 is 0.897 bits per heavy atom.